The predicted molar refractivity (Wildman–Crippen MR) is 109 cm³/mol. The van der Waals surface area contributed by atoms with Gasteiger partial charge >= 0.3 is 0 Å². The molecule has 0 aliphatic rings. The van der Waals surface area contributed by atoms with Gasteiger partial charge in [0.15, 0.2) is 9.96 Å². The molecule has 4 N–H and O–H groups in total. The molecule has 2 heterocycles. The molecule has 4 aromatic rings. The van der Waals surface area contributed by atoms with Crippen molar-refractivity contribution in [2.45, 2.75) is 0 Å². The number of nitrogens with one attached hydrogen (secondary N) is 1. The highest BCUT2D eigenvalue weighted by atomic mass is 32.1. The zero-order valence-corrected chi connectivity index (χ0v) is 15.4. The molecule has 4 rings (SSSR count). The van der Waals surface area contributed by atoms with Gasteiger partial charge in [0.2, 0.25) is 4.77 Å². The molecule has 2 aromatic heterocycles. The van der Waals surface area contributed by atoms with Crippen LogP contribution < -0.4 is 16.3 Å². The summed E-state index contributed by atoms with van der Waals surface area (Å²) in [4.78, 5) is 9.59. The van der Waals surface area contributed by atoms with Crippen molar-refractivity contribution < 1.29 is 5.21 Å². The molecule has 2 aromatic carbocycles. The van der Waals surface area contributed by atoms with E-state index in [0.717, 1.165) is 5.69 Å². The van der Waals surface area contributed by atoms with Gasteiger partial charge in [-0.15, -0.1) is 0 Å². The van der Waals surface area contributed by atoms with Crippen molar-refractivity contribution in [2.24, 2.45) is 0 Å². The van der Waals surface area contributed by atoms with E-state index in [9.17, 15) is 5.21 Å². The number of thiazole rings is 1. The minimum Gasteiger partial charge on any atom is -0.733 e. The predicted octanol–water partition coefficient (Wildman–Crippen LogP) is 4.23. The van der Waals surface area contributed by atoms with Gasteiger partial charge in [0, 0.05) is 5.69 Å². The normalized spacial score (nSPS) is 10.9. The topological polar surface area (TPSA) is 115 Å². The second-order valence-electron chi connectivity index (χ2n) is 5.57. The second-order valence-corrected chi connectivity index (χ2v) is 6.91. The molecular weight excluding hydrogens is 384 g/mol. The molecule has 0 bridgehead atoms. The van der Waals surface area contributed by atoms with Gasteiger partial charge in [0.25, 0.3) is 0 Å². The van der Waals surface area contributed by atoms with Crippen molar-refractivity contribution in [1.29, 1.82) is 0 Å². The Morgan fingerprint density at radius 3 is 2.48 bits per heavy atom. The van der Waals surface area contributed by atoms with Crippen molar-refractivity contribution in [3.05, 3.63) is 64.6 Å². The van der Waals surface area contributed by atoms with Crippen molar-refractivity contribution in [1.82, 2.24) is 14.5 Å². The molecule has 27 heavy (non-hydrogen) atoms. The molecule has 10 heteroatoms. The maximum atomic E-state index is 10.9. The van der Waals surface area contributed by atoms with Crippen LogP contribution in [0.15, 0.2) is 54.6 Å². The average molecular weight is 397 g/mol. The third-order valence-electron chi connectivity index (χ3n) is 3.84. The van der Waals surface area contributed by atoms with Crippen LogP contribution in [0.25, 0.3) is 16.0 Å². The summed E-state index contributed by atoms with van der Waals surface area (Å²) < 4.78 is 1.84. The van der Waals surface area contributed by atoms with Gasteiger partial charge < -0.3 is 21.5 Å². The zero-order chi connectivity index (χ0) is 19.0. The smallest absolute Gasteiger partial charge is 0.207 e. The zero-order valence-electron chi connectivity index (χ0n) is 13.7. The van der Waals surface area contributed by atoms with Crippen LogP contribution in [0, 0.1) is 9.98 Å². The summed E-state index contributed by atoms with van der Waals surface area (Å²) in [6.07, 6.45) is 0. The first-order valence-electron chi connectivity index (χ1n) is 7.80. The molecule has 0 aliphatic carbocycles. The molecule has 0 aliphatic heterocycles. The van der Waals surface area contributed by atoms with E-state index in [2.05, 4.69) is 15.3 Å². The number of nitrogen functional groups attached to an aromatic ring is 1. The lowest BCUT2D eigenvalue weighted by molar-refractivity contribution is 0.296. The Kier molecular flexibility index (Phi) is 4.46. The SMILES string of the molecule is Nc1c2nc(Nc3ccccc3)sc2nc(=S)n1-c1ccc(N([O-])O)cc1. The molecule has 0 fully saturated rings. The van der Waals surface area contributed by atoms with E-state index in [4.69, 9.17) is 23.2 Å². The van der Waals surface area contributed by atoms with Crippen LogP contribution in [0.4, 0.5) is 22.3 Å². The van der Waals surface area contributed by atoms with E-state index in [1.807, 2.05) is 30.3 Å². The van der Waals surface area contributed by atoms with E-state index in [1.54, 1.807) is 16.7 Å². The summed E-state index contributed by atoms with van der Waals surface area (Å²) in [5, 5.41) is 23.6. The Morgan fingerprint density at radius 1 is 1.11 bits per heavy atom. The Morgan fingerprint density at radius 2 is 1.81 bits per heavy atom. The number of anilines is 4. The number of aromatic nitrogens is 3. The fourth-order valence-corrected chi connectivity index (χ4v) is 3.80. The number of hydrogen-bond acceptors (Lipinski definition) is 9. The lowest BCUT2D eigenvalue weighted by atomic mass is 10.3. The van der Waals surface area contributed by atoms with E-state index in [1.165, 1.54) is 23.5 Å². The third-order valence-corrected chi connectivity index (χ3v) is 4.97. The Hall–Kier alpha value is -3.05. The molecule has 0 saturated carbocycles. The Balaban J connectivity index is 1.77. The number of nitrogens with two attached hydrogens (primary N) is 1. The highest BCUT2D eigenvalue weighted by Crippen LogP contribution is 2.31. The van der Waals surface area contributed by atoms with Gasteiger partial charge in [-0.3, -0.25) is 9.77 Å². The molecule has 0 saturated heterocycles. The first kappa shape index (κ1) is 17.4. The van der Waals surface area contributed by atoms with Crippen molar-refractivity contribution in [3.63, 3.8) is 0 Å². The maximum Gasteiger partial charge on any atom is 0.207 e. The van der Waals surface area contributed by atoms with Crippen LogP contribution in [-0.4, -0.2) is 19.7 Å². The van der Waals surface area contributed by atoms with E-state index in [-0.39, 0.29) is 15.7 Å². The van der Waals surface area contributed by atoms with Gasteiger partial charge in [-0.2, -0.15) is 0 Å². The number of rotatable bonds is 4. The fourth-order valence-electron chi connectivity index (χ4n) is 2.58. The summed E-state index contributed by atoms with van der Waals surface area (Å²) >= 11 is 6.74. The molecular formula is C17H13N6O2S2-. The number of para-hydroxylation sites is 1. The number of hydrogen-bond donors (Lipinski definition) is 3. The number of benzene rings is 2. The van der Waals surface area contributed by atoms with E-state index in [0.29, 0.717) is 27.0 Å². The van der Waals surface area contributed by atoms with Crippen molar-refractivity contribution in [3.8, 4) is 5.69 Å². The second kappa shape index (κ2) is 6.93. The molecule has 0 atom stereocenters. The highest BCUT2D eigenvalue weighted by Gasteiger charge is 2.14. The van der Waals surface area contributed by atoms with Crippen LogP contribution in [-0.2, 0) is 0 Å². The first-order chi connectivity index (χ1) is 13.0. The monoisotopic (exact) mass is 397 g/mol. The van der Waals surface area contributed by atoms with Gasteiger partial charge in [-0.05, 0) is 48.6 Å². The summed E-state index contributed by atoms with van der Waals surface area (Å²) in [6.45, 7) is 0. The van der Waals surface area contributed by atoms with Crippen LogP contribution >= 0.6 is 23.6 Å². The number of fused-ring (bicyclic) bond motifs is 1. The lowest BCUT2D eigenvalue weighted by Gasteiger charge is -2.21. The highest BCUT2D eigenvalue weighted by molar-refractivity contribution is 7.71. The minimum absolute atomic E-state index is 0.0980. The van der Waals surface area contributed by atoms with Crippen LogP contribution in [0.2, 0.25) is 0 Å². The van der Waals surface area contributed by atoms with Gasteiger partial charge in [-0.1, -0.05) is 29.5 Å². The van der Waals surface area contributed by atoms with Crippen molar-refractivity contribution >= 4 is 56.2 Å². The van der Waals surface area contributed by atoms with E-state index >= 15 is 0 Å². The summed E-state index contributed by atoms with van der Waals surface area (Å²) in [5.41, 5.74) is 8.46. The molecule has 136 valence electrons. The molecule has 0 radical (unpaired) electrons. The summed E-state index contributed by atoms with van der Waals surface area (Å²) in [7, 11) is 0. The minimum atomic E-state index is -0.212. The first-order valence-corrected chi connectivity index (χ1v) is 9.03. The van der Waals surface area contributed by atoms with Crippen molar-refractivity contribution in [2.75, 3.05) is 16.3 Å². The molecule has 8 nitrogen and oxygen atoms in total. The fraction of sp³-hybridized carbons (Fsp3) is 0. The van der Waals surface area contributed by atoms with Crippen LogP contribution in [0.1, 0.15) is 0 Å². The molecule has 0 unspecified atom stereocenters. The summed E-state index contributed by atoms with van der Waals surface area (Å²) in [5.74, 6) is 0.345. The summed E-state index contributed by atoms with van der Waals surface area (Å²) in [6, 6.07) is 15.8. The number of nitrogens with zero attached hydrogens (tertiary/aromatic N) is 4. The van der Waals surface area contributed by atoms with Crippen LogP contribution in [0.3, 0.4) is 0 Å². The largest absolute Gasteiger partial charge is 0.733 e. The lowest BCUT2D eigenvalue weighted by Crippen LogP contribution is -2.09. The molecule has 0 spiro atoms. The Bertz CT molecular complexity index is 1160. The third kappa shape index (κ3) is 3.34. The van der Waals surface area contributed by atoms with Gasteiger partial charge in [-0.25, -0.2) is 9.97 Å². The average Bonchev–Trinajstić information content (AvgIpc) is 3.05. The maximum absolute atomic E-state index is 10.9. The van der Waals surface area contributed by atoms with Crippen LogP contribution in [0.5, 0.6) is 0 Å². The molecule has 0 amide bonds. The standard InChI is InChI=1S/C17H13N6O2S2/c18-14-13-15(27-16(20-13)19-10-4-2-1-3-5-10)21-17(26)22(14)11-6-8-12(9-7-11)23(24)25/h1-9,24H,18H2,(H,19,20)/q-1. The Labute approximate surface area is 162 Å². The van der Waals surface area contributed by atoms with Gasteiger partial charge in [0.1, 0.15) is 11.3 Å². The quantitative estimate of drug-likeness (QED) is 0.346. The van der Waals surface area contributed by atoms with E-state index < -0.39 is 0 Å². The van der Waals surface area contributed by atoms with Gasteiger partial charge in [0.05, 0.1) is 11.4 Å².